The summed E-state index contributed by atoms with van der Waals surface area (Å²) in [6.45, 7) is 2.53. The van der Waals surface area contributed by atoms with Gasteiger partial charge in [-0.15, -0.1) is 0 Å². The Kier molecular flexibility index (Phi) is 5.60. The van der Waals surface area contributed by atoms with Crippen molar-refractivity contribution in [3.63, 3.8) is 0 Å². The van der Waals surface area contributed by atoms with Gasteiger partial charge < -0.3 is 5.32 Å². The number of carbonyl (C=O) groups excluding carboxylic acids is 1. The second-order valence-electron chi connectivity index (χ2n) is 7.42. The van der Waals surface area contributed by atoms with Gasteiger partial charge in [-0.2, -0.15) is 28.5 Å². The molecule has 7 nitrogen and oxygen atoms in total. The van der Waals surface area contributed by atoms with Crippen LogP contribution < -0.4 is 5.32 Å². The Labute approximate surface area is 181 Å². The van der Waals surface area contributed by atoms with Gasteiger partial charge in [0, 0.05) is 17.1 Å². The Bertz CT molecular complexity index is 1260. The maximum atomic E-state index is 13.2. The number of nitrogens with one attached hydrogen (secondary N) is 1. The largest absolute Gasteiger partial charge is 0.408 e. The Balaban J connectivity index is 1.68. The van der Waals surface area contributed by atoms with Crippen molar-refractivity contribution in [1.82, 2.24) is 30.3 Å². The van der Waals surface area contributed by atoms with Crippen molar-refractivity contribution >= 4 is 16.8 Å². The van der Waals surface area contributed by atoms with E-state index in [0.717, 1.165) is 15.9 Å². The molecule has 0 saturated heterocycles. The number of aromatic nitrogens is 5. The third kappa shape index (κ3) is 4.74. The summed E-state index contributed by atoms with van der Waals surface area (Å²) in [6, 6.07) is 11.6. The smallest absolute Gasteiger partial charge is 0.346 e. The average molecular weight is 440 g/mol. The number of rotatable bonds is 5. The quantitative estimate of drug-likeness (QED) is 0.507. The molecular weight excluding hydrogens is 421 g/mol. The van der Waals surface area contributed by atoms with Gasteiger partial charge >= 0.3 is 6.18 Å². The van der Waals surface area contributed by atoms with E-state index in [2.05, 4.69) is 25.6 Å². The fourth-order valence-electron chi connectivity index (χ4n) is 3.20. The lowest BCUT2D eigenvalue weighted by molar-refractivity contribution is -0.141. The summed E-state index contributed by atoms with van der Waals surface area (Å²) in [5, 5.41) is 15.3. The highest BCUT2D eigenvalue weighted by molar-refractivity contribution is 6.00. The Morgan fingerprint density at radius 2 is 1.88 bits per heavy atom. The minimum atomic E-state index is -4.47. The van der Waals surface area contributed by atoms with E-state index in [1.807, 2.05) is 13.0 Å². The SMILES string of the molecule is Cc1ccc(-c2nn(CC(F)(F)F)c3cc(C(=O)NCc4ccc(C)nn4)ccc23)nc1. The zero-order valence-electron chi connectivity index (χ0n) is 17.3. The minimum Gasteiger partial charge on any atom is -0.346 e. The molecule has 0 aliphatic rings. The van der Waals surface area contributed by atoms with Gasteiger partial charge in [0.25, 0.3) is 5.91 Å². The first kappa shape index (κ1) is 21.4. The van der Waals surface area contributed by atoms with Crippen LogP contribution in [0.1, 0.15) is 27.3 Å². The molecule has 0 spiro atoms. The van der Waals surface area contributed by atoms with Crippen LogP contribution in [0.4, 0.5) is 13.2 Å². The molecule has 1 aromatic carbocycles. The van der Waals surface area contributed by atoms with Gasteiger partial charge in [-0.3, -0.25) is 14.5 Å². The molecule has 10 heteroatoms. The van der Waals surface area contributed by atoms with Crippen molar-refractivity contribution in [2.24, 2.45) is 0 Å². The van der Waals surface area contributed by atoms with Crippen LogP contribution in [0.15, 0.2) is 48.7 Å². The summed E-state index contributed by atoms with van der Waals surface area (Å²) >= 11 is 0. The Hall–Kier alpha value is -3.82. The summed E-state index contributed by atoms with van der Waals surface area (Å²) in [7, 11) is 0. The van der Waals surface area contributed by atoms with Crippen molar-refractivity contribution in [3.05, 3.63) is 71.2 Å². The van der Waals surface area contributed by atoms with Crippen molar-refractivity contribution in [2.45, 2.75) is 33.1 Å². The number of nitrogens with zero attached hydrogens (tertiary/aromatic N) is 5. The zero-order chi connectivity index (χ0) is 22.9. The van der Waals surface area contributed by atoms with Gasteiger partial charge in [0.1, 0.15) is 12.2 Å². The van der Waals surface area contributed by atoms with E-state index >= 15 is 0 Å². The Morgan fingerprint density at radius 1 is 1.06 bits per heavy atom. The molecular formula is C22H19F3N6O. The molecule has 3 heterocycles. The van der Waals surface area contributed by atoms with Crippen LogP contribution in [-0.4, -0.2) is 37.0 Å². The number of benzene rings is 1. The van der Waals surface area contributed by atoms with Crippen molar-refractivity contribution in [2.75, 3.05) is 0 Å². The molecule has 1 N–H and O–H groups in total. The first-order chi connectivity index (χ1) is 15.2. The highest BCUT2D eigenvalue weighted by Crippen LogP contribution is 2.30. The molecule has 32 heavy (non-hydrogen) atoms. The molecule has 0 bridgehead atoms. The summed E-state index contributed by atoms with van der Waals surface area (Å²) < 4.78 is 40.3. The number of fused-ring (bicyclic) bond motifs is 1. The highest BCUT2D eigenvalue weighted by Gasteiger charge is 2.30. The van der Waals surface area contributed by atoms with Gasteiger partial charge in [-0.25, -0.2) is 0 Å². The zero-order valence-corrected chi connectivity index (χ0v) is 17.3. The van der Waals surface area contributed by atoms with E-state index in [-0.39, 0.29) is 17.6 Å². The number of hydrogen-bond acceptors (Lipinski definition) is 5. The first-order valence-electron chi connectivity index (χ1n) is 9.77. The summed E-state index contributed by atoms with van der Waals surface area (Å²) in [4.78, 5) is 16.9. The van der Waals surface area contributed by atoms with E-state index < -0.39 is 18.6 Å². The van der Waals surface area contributed by atoms with Crippen LogP contribution in [-0.2, 0) is 13.1 Å². The molecule has 4 rings (SSSR count). The van der Waals surface area contributed by atoms with Crippen LogP contribution in [0.25, 0.3) is 22.3 Å². The lowest BCUT2D eigenvalue weighted by Gasteiger charge is -2.08. The summed E-state index contributed by atoms with van der Waals surface area (Å²) in [5.41, 5.74) is 3.43. The van der Waals surface area contributed by atoms with Crippen LogP contribution in [0.3, 0.4) is 0 Å². The van der Waals surface area contributed by atoms with Gasteiger partial charge in [0.05, 0.1) is 29.1 Å². The Morgan fingerprint density at radius 3 is 2.53 bits per heavy atom. The predicted molar refractivity (Wildman–Crippen MR) is 112 cm³/mol. The standard InChI is InChI=1S/C22H19F3N6O/c1-13-3-8-18(26-10-13)20-17-7-5-15(9-19(17)31(30-20)12-22(23,24)25)21(32)27-11-16-6-4-14(2)28-29-16/h3-10H,11-12H2,1-2H3,(H,27,32). The maximum Gasteiger partial charge on any atom is 0.408 e. The van der Waals surface area contributed by atoms with Crippen molar-refractivity contribution < 1.29 is 18.0 Å². The maximum absolute atomic E-state index is 13.2. The van der Waals surface area contributed by atoms with Gasteiger partial charge in [0.2, 0.25) is 0 Å². The lowest BCUT2D eigenvalue weighted by Crippen LogP contribution is -2.23. The molecule has 0 unspecified atom stereocenters. The molecule has 3 aromatic heterocycles. The molecule has 0 fully saturated rings. The first-order valence-corrected chi connectivity index (χ1v) is 9.77. The van der Waals surface area contributed by atoms with E-state index in [4.69, 9.17) is 0 Å². The minimum absolute atomic E-state index is 0.143. The van der Waals surface area contributed by atoms with Crippen LogP contribution in [0.2, 0.25) is 0 Å². The molecule has 0 radical (unpaired) electrons. The second kappa shape index (κ2) is 8.37. The fourth-order valence-corrected chi connectivity index (χ4v) is 3.20. The van der Waals surface area contributed by atoms with Gasteiger partial charge in [-0.1, -0.05) is 6.07 Å². The third-order valence-corrected chi connectivity index (χ3v) is 4.78. The van der Waals surface area contributed by atoms with E-state index in [1.165, 1.54) is 6.07 Å². The molecule has 0 aliphatic heterocycles. The normalized spacial score (nSPS) is 11.7. The molecule has 1 amide bonds. The van der Waals surface area contributed by atoms with Crippen molar-refractivity contribution in [3.8, 4) is 11.4 Å². The number of carbonyl (C=O) groups is 1. The molecule has 0 aliphatic carbocycles. The summed E-state index contributed by atoms with van der Waals surface area (Å²) in [5.74, 6) is -0.441. The average Bonchev–Trinajstić information content (AvgIpc) is 3.10. The lowest BCUT2D eigenvalue weighted by atomic mass is 10.1. The number of pyridine rings is 1. The van der Waals surface area contributed by atoms with Crippen LogP contribution >= 0.6 is 0 Å². The highest BCUT2D eigenvalue weighted by atomic mass is 19.4. The molecule has 0 saturated carbocycles. The van der Waals surface area contributed by atoms with E-state index in [0.29, 0.717) is 22.5 Å². The number of aryl methyl sites for hydroxylation is 2. The fraction of sp³-hybridized carbons (Fsp3) is 0.227. The topological polar surface area (TPSA) is 85.6 Å². The number of amides is 1. The van der Waals surface area contributed by atoms with E-state index in [1.54, 1.807) is 43.5 Å². The number of alkyl halides is 3. The van der Waals surface area contributed by atoms with Crippen molar-refractivity contribution in [1.29, 1.82) is 0 Å². The molecule has 164 valence electrons. The summed E-state index contributed by atoms with van der Waals surface area (Å²) in [6.07, 6.45) is -2.85. The predicted octanol–water partition coefficient (Wildman–Crippen LogP) is 4.00. The second-order valence-corrected chi connectivity index (χ2v) is 7.42. The van der Waals surface area contributed by atoms with Crippen LogP contribution in [0, 0.1) is 13.8 Å². The number of halogens is 3. The van der Waals surface area contributed by atoms with Gasteiger partial charge in [0.15, 0.2) is 0 Å². The number of hydrogen-bond donors (Lipinski definition) is 1. The van der Waals surface area contributed by atoms with E-state index in [9.17, 15) is 18.0 Å². The van der Waals surface area contributed by atoms with Gasteiger partial charge in [-0.05, 0) is 55.8 Å². The molecule has 4 aromatic rings. The molecule has 0 atom stereocenters. The van der Waals surface area contributed by atoms with Crippen LogP contribution in [0.5, 0.6) is 0 Å². The monoisotopic (exact) mass is 440 g/mol. The third-order valence-electron chi connectivity index (χ3n) is 4.78.